The highest BCUT2D eigenvalue weighted by atomic mass is 35.5. The molecule has 7 nitrogen and oxygen atoms in total. The smallest absolute Gasteiger partial charge is 0.313 e. The molecule has 1 heterocycles. The van der Waals surface area contributed by atoms with Gasteiger partial charge in [0, 0.05) is 24.0 Å². The molecule has 0 atom stereocenters. The minimum atomic E-state index is -0.831. The van der Waals surface area contributed by atoms with Crippen LogP contribution in [0, 0.1) is 11.3 Å². The Kier molecular flexibility index (Phi) is 6.45. The lowest BCUT2D eigenvalue weighted by Crippen LogP contribution is -2.35. The monoisotopic (exact) mass is 398 g/mol. The molecule has 0 unspecified atom stereocenters. The Morgan fingerprint density at radius 1 is 1.25 bits per heavy atom. The lowest BCUT2D eigenvalue weighted by Gasteiger charge is -2.15. The molecule has 1 aliphatic rings. The van der Waals surface area contributed by atoms with Gasteiger partial charge < -0.3 is 15.4 Å². The molecule has 2 N–H and O–H groups in total. The van der Waals surface area contributed by atoms with E-state index >= 15 is 0 Å². The highest BCUT2D eigenvalue weighted by molar-refractivity contribution is 6.39. The minimum absolute atomic E-state index is 0.121. The van der Waals surface area contributed by atoms with Gasteiger partial charge in [-0.15, -0.1) is 0 Å². The third kappa shape index (κ3) is 4.99. The van der Waals surface area contributed by atoms with Crippen molar-refractivity contribution in [2.75, 3.05) is 5.32 Å². The molecule has 144 valence electrons. The van der Waals surface area contributed by atoms with Gasteiger partial charge in [-0.3, -0.25) is 9.59 Å². The van der Waals surface area contributed by atoms with Crippen molar-refractivity contribution >= 4 is 29.1 Å². The number of nitrogens with zero attached hydrogens (tertiary/aromatic N) is 2. The summed E-state index contributed by atoms with van der Waals surface area (Å²) in [5.41, 5.74) is 1.32. The second-order valence-electron chi connectivity index (χ2n) is 6.44. The standard InChI is InChI=1S/C20H19ClN4O3/c21-17-10-15(8-7-13(17)11-22)25-19(27)18(26)24-12-14-4-3-9-23-20(14)28-16-5-1-2-6-16/h3-4,7-10,16H,1-2,5-6,12H2,(H,24,26)(H,25,27). The number of rotatable bonds is 5. The maximum Gasteiger partial charge on any atom is 0.313 e. The van der Waals surface area contributed by atoms with Crippen LogP contribution in [0.5, 0.6) is 5.88 Å². The van der Waals surface area contributed by atoms with E-state index in [0.29, 0.717) is 17.1 Å². The second kappa shape index (κ2) is 9.20. The Hall–Kier alpha value is -3.11. The Morgan fingerprint density at radius 2 is 2.04 bits per heavy atom. The minimum Gasteiger partial charge on any atom is -0.474 e. The number of amides is 2. The number of halogens is 1. The summed E-state index contributed by atoms with van der Waals surface area (Å²) in [5, 5.41) is 14.1. The van der Waals surface area contributed by atoms with E-state index < -0.39 is 11.8 Å². The van der Waals surface area contributed by atoms with E-state index in [4.69, 9.17) is 21.6 Å². The molecule has 1 aromatic heterocycles. The average Bonchev–Trinajstić information content (AvgIpc) is 3.20. The molecule has 0 saturated heterocycles. The van der Waals surface area contributed by atoms with Gasteiger partial charge in [0.2, 0.25) is 5.88 Å². The number of ether oxygens (including phenoxy) is 1. The number of benzene rings is 1. The summed E-state index contributed by atoms with van der Waals surface area (Å²) in [7, 11) is 0. The molecule has 28 heavy (non-hydrogen) atoms. The molecule has 1 saturated carbocycles. The molecule has 0 radical (unpaired) electrons. The highest BCUT2D eigenvalue weighted by Gasteiger charge is 2.19. The predicted octanol–water partition coefficient (Wildman–Crippen LogP) is 3.18. The van der Waals surface area contributed by atoms with Crippen LogP contribution in [0.1, 0.15) is 36.8 Å². The van der Waals surface area contributed by atoms with E-state index in [9.17, 15) is 9.59 Å². The molecular formula is C20H19ClN4O3. The summed E-state index contributed by atoms with van der Waals surface area (Å²) in [6.07, 6.45) is 6.06. The van der Waals surface area contributed by atoms with Gasteiger partial charge in [0.1, 0.15) is 12.2 Å². The largest absolute Gasteiger partial charge is 0.474 e. The number of pyridine rings is 1. The second-order valence-corrected chi connectivity index (χ2v) is 6.84. The fourth-order valence-corrected chi connectivity index (χ4v) is 3.18. The Balaban J connectivity index is 1.57. The Bertz CT molecular complexity index is 920. The number of carbonyl (C=O) groups is 2. The van der Waals surface area contributed by atoms with Crippen LogP contribution in [0.4, 0.5) is 5.69 Å². The SMILES string of the molecule is N#Cc1ccc(NC(=O)C(=O)NCc2cccnc2OC2CCCC2)cc1Cl. The quantitative estimate of drug-likeness (QED) is 0.752. The van der Waals surface area contributed by atoms with Gasteiger partial charge in [0.25, 0.3) is 0 Å². The van der Waals surface area contributed by atoms with Crippen LogP contribution < -0.4 is 15.4 Å². The first-order valence-electron chi connectivity index (χ1n) is 8.96. The average molecular weight is 399 g/mol. The third-order valence-corrected chi connectivity index (χ3v) is 4.74. The van der Waals surface area contributed by atoms with Crippen molar-refractivity contribution in [3.63, 3.8) is 0 Å². The predicted molar refractivity (Wildman–Crippen MR) is 104 cm³/mol. The first kappa shape index (κ1) is 19.6. The third-order valence-electron chi connectivity index (χ3n) is 4.42. The van der Waals surface area contributed by atoms with Crippen molar-refractivity contribution in [3.05, 3.63) is 52.7 Å². The fraction of sp³-hybridized carbons (Fsp3) is 0.300. The number of nitriles is 1. The Morgan fingerprint density at radius 3 is 2.75 bits per heavy atom. The molecule has 1 fully saturated rings. The topological polar surface area (TPSA) is 104 Å². The number of hydrogen-bond donors (Lipinski definition) is 2. The number of nitrogens with one attached hydrogen (secondary N) is 2. The zero-order valence-corrected chi connectivity index (χ0v) is 15.8. The van der Waals surface area contributed by atoms with Crippen LogP contribution in [-0.4, -0.2) is 22.9 Å². The van der Waals surface area contributed by atoms with Crippen molar-refractivity contribution in [1.29, 1.82) is 5.26 Å². The summed E-state index contributed by atoms with van der Waals surface area (Å²) < 4.78 is 5.93. The summed E-state index contributed by atoms with van der Waals surface area (Å²) in [5.74, 6) is -1.15. The summed E-state index contributed by atoms with van der Waals surface area (Å²) in [4.78, 5) is 28.4. The first-order chi connectivity index (χ1) is 13.6. The van der Waals surface area contributed by atoms with Gasteiger partial charge >= 0.3 is 11.8 Å². The molecule has 1 aliphatic carbocycles. The molecule has 8 heteroatoms. The molecule has 2 aromatic rings. The van der Waals surface area contributed by atoms with Crippen LogP contribution in [0.3, 0.4) is 0 Å². The van der Waals surface area contributed by atoms with Crippen molar-refractivity contribution in [3.8, 4) is 11.9 Å². The van der Waals surface area contributed by atoms with Gasteiger partial charge in [-0.1, -0.05) is 17.7 Å². The Labute approximate surface area is 167 Å². The summed E-state index contributed by atoms with van der Waals surface area (Å²) in [6, 6.07) is 9.87. The normalized spacial score (nSPS) is 13.6. The van der Waals surface area contributed by atoms with Gasteiger partial charge in [0.15, 0.2) is 0 Å². The zero-order chi connectivity index (χ0) is 19.9. The maximum atomic E-state index is 12.1. The van der Waals surface area contributed by atoms with Crippen molar-refractivity contribution in [2.45, 2.75) is 38.3 Å². The van der Waals surface area contributed by atoms with Crippen LogP contribution in [0.2, 0.25) is 5.02 Å². The van der Waals surface area contributed by atoms with Gasteiger partial charge in [-0.25, -0.2) is 4.98 Å². The van der Waals surface area contributed by atoms with E-state index in [1.54, 1.807) is 18.3 Å². The van der Waals surface area contributed by atoms with Crippen LogP contribution in [-0.2, 0) is 16.1 Å². The molecule has 2 amide bonds. The lowest BCUT2D eigenvalue weighted by atomic mass is 10.2. The maximum absolute atomic E-state index is 12.1. The van der Waals surface area contributed by atoms with Crippen LogP contribution >= 0.6 is 11.6 Å². The van der Waals surface area contributed by atoms with Crippen LogP contribution in [0.25, 0.3) is 0 Å². The van der Waals surface area contributed by atoms with Crippen molar-refractivity contribution in [1.82, 2.24) is 10.3 Å². The highest BCUT2D eigenvalue weighted by Crippen LogP contribution is 2.25. The number of hydrogen-bond acceptors (Lipinski definition) is 5. The van der Waals surface area contributed by atoms with E-state index in [0.717, 1.165) is 25.7 Å². The van der Waals surface area contributed by atoms with E-state index in [2.05, 4.69) is 15.6 Å². The summed E-state index contributed by atoms with van der Waals surface area (Å²) >= 11 is 5.93. The van der Waals surface area contributed by atoms with Gasteiger partial charge in [-0.2, -0.15) is 5.26 Å². The number of anilines is 1. The molecule has 1 aromatic carbocycles. The van der Waals surface area contributed by atoms with Gasteiger partial charge in [-0.05, 0) is 49.9 Å². The molecule has 0 aliphatic heterocycles. The lowest BCUT2D eigenvalue weighted by molar-refractivity contribution is -0.136. The molecule has 0 spiro atoms. The molecule has 3 rings (SSSR count). The first-order valence-corrected chi connectivity index (χ1v) is 9.34. The summed E-state index contributed by atoms with van der Waals surface area (Å²) in [6.45, 7) is 0.121. The zero-order valence-electron chi connectivity index (χ0n) is 15.1. The fourth-order valence-electron chi connectivity index (χ4n) is 2.96. The number of aromatic nitrogens is 1. The van der Waals surface area contributed by atoms with E-state index in [1.165, 1.54) is 18.2 Å². The molecular weight excluding hydrogens is 380 g/mol. The van der Waals surface area contributed by atoms with Gasteiger partial charge in [0.05, 0.1) is 10.6 Å². The van der Waals surface area contributed by atoms with E-state index in [1.807, 2.05) is 6.07 Å². The van der Waals surface area contributed by atoms with Crippen LogP contribution in [0.15, 0.2) is 36.5 Å². The number of carbonyl (C=O) groups excluding carboxylic acids is 2. The van der Waals surface area contributed by atoms with E-state index in [-0.39, 0.29) is 23.2 Å². The van der Waals surface area contributed by atoms with Crippen molar-refractivity contribution < 1.29 is 14.3 Å². The van der Waals surface area contributed by atoms with Crippen molar-refractivity contribution in [2.24, 2.45) is 0 Å². The molecule has 0 bridgehead atoms.